The highest BCUT2D eigenvalue weighted by Crippen LogP contribution is 2.21. The minimum absolute atomic E-state index is 0.0934. The zero-order valence-electron chi connectivity index (χ0n) is 10.6. The largest absolute Gasteiger partial charge is 0.480 e. The molecule has 1 aromatic carbocycles. The highest BCUT2D eigenvalue weighted by molar-refractivity contribution is 7.91. The molecule has 5 nitrogen and oxygen atoms in total. The van der Waals surface area contributed by atoms with Gasteiger partial charge in [0.1, 0.15) is 10.3 Å². The molecule has 0 aliphatic rings. The highest BCUT2D eigenvalue weighted by Gasteiger charge is 2.27. The van der Waals surface area contributed by atoms with E-state index in [4.69, 9.17) is 0 Å². The lowest BCUT2D eigenvalue weighted by Gasteiger charge is -2.14. The third-order valence-corrected chi connectivity index (χ3v) is 5.51. The van der Waals surface area contributed by atoms with E-state index in [1.54, 1.807) is 35.7 Å². The summed E-state index contributed by atoms with van der Waals surface area (Å²) in [7, 11) is -3.83. The third-order valence-electron chi connectivity index (χ3n) is 2.69. The average Bonchev–Trinajstić information content (AvgIpc) is 2.91. The van der Waals surface area contributed by atoms with E-state index in [0.717, 1.165) is 16.9 Å². The van der Waals surface area contributed by atoms with Crippen molar-refractivity contribution >= 4 is 27.3 Å². The predicted octanol–water partition coefficient (Wildman–Crippen LogP) is 2.16. The summed E-state index contributed by atoms with van der Waals surface area (Å²) in [5.74, 6) is -1.24. The number of aryl methyl sites for hydroxylation is 1. The maximum Gasteiger partial charge on any atom is 0.326 e. The van der Waals surface area contributed by atoms with Crippen molar-refractivity contribution < 1.29 is 18.3 Å². The van der Waals surface area contributed by atoms with Gasteiger partial charge in [0.25, 0.3) is 10.0 Å². The Morgan fingerprint density at radius 2 is 1.90 bits per heavy atom. The quantitative estimate of drug-likeness (QED) is 0.886. The average molecular weight is 311 g/mol. The maximum absolute atomic E-state index is 12.1. The van der Waals surface area contributed by atoms with Crippen LogP contribution in [0.2, 0.25) is 0 Å². The summed E-state index contributed by atoms with van der Waals surface area (Å²) in [6.07, 6.45) is 0. The molecule has 2 rings (SSSR count). The first-order valence-corrected chi connectivity index (χ1v) is 8.11. The Labute approximate surface area is 120 Å². The minimum Gasteiger partial charge on any atom is -0.480 e. The minimum atomic E-state index is -3.83. The van der Waals surface area contributed by atoms with E-state index >= 15 is 0 Å². The Balaban J connectivity index is 2.32. The van der Waals surface area contributed by atoms with Gasteiger partial charge in [0.05, 0.1) is 0 Å². The van der Waals surface area contributed by atoms with Gasteiger partial charge in [-0.1, -0.05) is 35.9 Å². The van der Waals surface area contributed by atoms with Gasteiger partial charge >= 0.3 is 5.97 Å². The van der Waals surface area contributed by atoms with E-state index < -0.39 is 22.0 Å². The van der Waals surface area contributed by atoms with Crippen molar-refractivity contribution in [2.75, 3.05) is 0 Å². The zero-order valence-corrected chi connectivity index (χ0v) is 12.2. The van der Waals surface area contributed by atoms with Crippen molar-refractivity contribution in [2.45, 2.75) is 17.2 Å². The van der Waals surface area contributed by atoms with Gasteiger partial charge in [0.2, 0.25) is 0 Å². The summed E-state index contributed by atoms with van der Waals surface area (Å²) in [6.45, 7) is 1.87. The Morgan fingerprint density at radius 1 is 1.25 bits per heavy atom. The molecule has 0 radical (unpaired) electrons. The molecule has 0 fully saturated rings. The SMILES string of the molecule is Cc1ccc(C(NS(=O)(=O)c2cccs2)C(=O)O)cc1. The summed E-state index contributed by atoms with van der Waals surface area (Å²) in [5.41, 5.74) is 1.36. The lowest BCUT2D eigenvalue weighted by Crippen LogP contribution is -2.33. The monoisotopic (exact) mass is 311 g/mol. The summed E-state index contributed by atoms with van der Waals surface area (Å²) < 4.78 is 26.5. The van der Waals surface area contributed by atoms with E-state index in [-0.39, 0.29) is 4.21 Å². The van der Waals surface area contributed by atoms with Crippen LogP contribution < -0.4 is 4.72 Å². The van der Waals surface area contributed by atoms with E-state index in [2.05, 4.69) is 4.72 Å². The lowest BCUT2D eigenvalue weighted by molar-refractivity contribution is -0.139. The lowest BCUT2D eigenvalue weighted by atomic mass is 10.1. The molecule has 20 heavy (non-hydrogen) atoms. The molecule has 1 atom stereocenters. The third kappa shape index (κ3) is 3.24. The standard InChI is InChI=1S/C13H13NO4S2/c1-9-4-6-10(7-5-9)12(13(15)16)14-20(17,18)11-3-2-8-19-11/h2-8,12,14H,1H3,(H,15,16). The number of aliphatic carboxylic acids is 1. The van der Waals surface area contributed by atoms with Gasteiger partial charge in [-0.2, -0.15) is 4.72 Å². The number of carboxylic acids is 1. The molecule has 106 valence electrons. The number of hydrogen-bond acceptors (Lipinski definition) is 4. The molecule has 0 saturated carbocycles. The van der Waals surface area contributed by atoms with Crippen molar-refractivity contribution in [1.82, 2.24) is 4.72 Å². The normalized spacial score (nSPS) is 13.1. The van der Waals surface area contributed by atoms with Crippen LogP contribution in [0.4, 0.5) is 0 Å². The van der Waals surface area contributed by atoms with Gasteiger partial charge in [-0.05, 0) is 23.9 Å². The molecular weight excluding hydrogens is 298 g/mol. The summed E-state index contributed by atoms with van der Waals surface area (Å²) >= 11 is 1.04. The van der Waals surface area contributed by atoms with Crippen molar-refractivity contribution in [2.24, 2.45) is 0 Å². The van der Waals surface area contributed by atoms with Gasteiger partial charge in [0.15, 0.2) is 0 Å². The number of carbonyl (C=O) groups is 1. The second-order valence-corrected chi connectivity index (χ2v) is 7.12. The molecule has 1 unspecified atom stereocenters. The fourth-order valence-corrected chi connectivity index (χ4v) is 3.84. The molecule has 1 heterocycles. The van der Waals surface area contributed by atoms with Crippen LogP contribution in [-0.2, 0) is 14.8 Å². The van der Waals surface area contributed by atoms with E-state index in [1.165, 1.54) is 6.07 Å². The van der Waals surface area contributed by atoms with E-state index in [0.29, 0.717) is 5.56 Å². The van der Waals surface area contributed by atoms with Crippen molar-refractivity contribution in [3.05, 3.63) is 52.9 Å². The second kappa shape index (κ2) is 5.74. The van der Waals surface area contributed by atoms with Gasteiger partial charge in [-0.15, -0.1) is 11.3 Å². The molecule has 2 aromatic rings. The molecule has 0 aliphatic heterocycles. The highest BCUT2D eigenvalue weighted by atomic mass is 32.2. The first-order valence-electron chi connectivity index (χ1n) is 5.75. The molecule has 2 N–H and O–H groups in total. The maximum atomic E-state index is 12.1. The van der Waals surface area contributed by atoms with Crippen molar-refractivity contribution in [3.8, 4) is 0 Å². The topological polar surface area (TPSA) is 83.5 Å². The smallest absolute Gasteiger partial charge is 0.326 e. The van der Waals surface area contributed by atoms with Crippen LogP contribution in [0.1, 0.15) is 17.2 Å². The first-order chi connectivity index (χ1) is 9.40. The van der Waals surface area contributed by atoms with E-state index in [9.17, 15) is 18.3 Å². The van der Waals surface area contributed by atoms with Crippen LogP contribution in [0.5, 0.6) is 0 Å². The molecule has 7 heteroatoms. The Kier molecular flexibility index (Phi) is 4.22. The number of rotatable bonds is 5. The number of sulfonamides is 1. The molecule has 1 aromatic heterocycles. The van der Waals surface area contributed by atoms with Gasteiger partial charge in [-0.3, -0.25) is 4.79 Å². The Morgan fingerprint density at radius 3 is 2.40 bits per heavy atom. The number of nitrogens with one attached hydrogen (secondary N) is 1. The van der Waals surface area contributed by atoms with Crippen LogP contribution in [0, 0.1) is 6.92 Å². The van der Waals surface area contributed by atoms with Gasteiger partial charge < -0.3 is 5.11 Å². The molecule has 0 spiro atoms. The molecule has 0 aliphatic carbocycles. The molecule has 0 bridgehead atoms. The number of thiophene rings is 1. The van der Waals surface area contributed by atoms with Crippen molar-refractivity contribution in [1.29, 1.82) is 0 Å². The summed E-state index contributed by atoms with van der Waals surface area (Å²) in [5, 5.41) is 10.9. The Bertz CT molecular complexity index is 690. The fourth-order valence-electron chi connectivity index (χ4n) is 1.65. The van der Waals surface area contributed by atoms with Crippen LogP contribution in [-0.4, -0.2) is 19.5 Å². The van der Waals surface area contributed by atoms with Crippen LogP contribution in [0.15, 0.2) is 46.0 Å². The number of carboxylic acid groups (broad SMARTS) is 1. The zero-order chi connectivity index (χ0) is 14.8. The van der Waals surface area contributed by atoms with E-state index in [1.807, 2.05) is 6.92 Å². The summed E-state index contributed by atoms with van der Waals surface area (Å²) in [4.78, 5) is 11.3. The van der Waals surface area contributed by atoms with Gasteiger partial charge in [-0.25, -0.2) is 8.42 Å². The second-order valence-electron chi connectivity index (χ2n) is 4.24. The fraction of sp³-hybridized carbons (Fsp3) is 0.154. The van der Waals surface area contributed by atoms with Crippen molar-refractivity contribution in [3.63, 3.8) is 0 Å². The van der Waals surface area contributed by atoms with Gasteiger partial charge in [0, 0.05) is 0 Å². The number of benzene rings is 1. The molecule has 0 saturated heterocycles. The van der Waals surface area contributed by atoms with Crippen LogP contribution in [0.3, 0.4) is 0 Å². The molecular formula is C13H13NO4S2. The first kappa shape index (κ1) is 14.7. The van der Waals surface area contributed by atoms with Crippen LogP contribution >= 0.6 is 11.3 Å². The number of hydrogen-bond donors (Lipinski definition) is 2. The predicted molar refractivity (Wildman–Crippen MR) is 76.2 cm³/mol. The van der Waals surface area contributed by atoms with Crippen LogP contribution in [0.25, 0.3) is 0 Å². The summed E-state index contributed by atoms with van der Waals surface area (Å²) in [6, 6.07) is 8.41. The molecule has 0 amide bonds. The Hall–Kier alpha value is -1.70.